The molecule has 164 valence electrons. The molecule has 1 aromatic heterocycles. The van der Waals surface area contributed by atoms with Crippen LogP contribution in [0.4, 0.5) is 0 Å². The molecule has 0 unspecified atom stereocenters. The van der Waals surface area contributed by atoms with Gasteiger partial charge in [-0.2, -0.15) is 0 Å². The van der Waals surface area contributed by atoms with Gasteiger partial charge in [0.25, 0.3) is 0 Å². The van der Waals surface area contributed by atoms with Crippen LogP contribution in [0.25, 0.3) is 22.3 Å². The zero-order valence-electron chi connectivity index (χ0n) is 16.3. The molecule has 0 radical (unpaired) electrons. The van der Waals surface area contributed by atoms with Crippen molar-refractivity contribution in [3.05, 3.63) is 46.6 Å². The summed E-state index contributed by atoms with van der Waals surface area (Å²) in [7, 11) is 1.40. The maximum atomic E-state index is 12.9. The largest absolute Gasteiger partial charge is 0.508 e. The number of hydrogen-bond donors (Lipinski definition) is 5. The van der Waals surface area contributed by atoms with Crippen LogP contribution >= 0.6 is 0 Å². The van der Waals surface area contributed by atoms with Crippen LogP contribution in [0, 0.1) is 0 Å². The number of fused-ring (bicyclic) bond motifs is 1. The predicted octanol–water partition coefficient (Wildman–Crippen LogP) is 0.698. The fraction of sp³-hybridized carbons (Fsp3) is 0.286. The summed E-state index contributed by atoms with van der Waals surface area (Å²) in [4.78, 5) is 12.9. The van der Waals surface area contributed by atoms with Crippen LogP contribution in [-0.4, -0.2) is 63.9 Å². The molecule has 0 amide bonds. The molecule has 4 atom stereocenters. The van der Waals surface area contributed by atoms with Crippen molar-refractivity contribution in [3.8, 4) is 34.3 Å². The molecular formula is C21H20O10. The van der Waals surface area contributed by atoms with E-state index in [2.05, 4.69) is 0 Å². The summed E-state index contributed by atoms with van der Waals surface area (Å²) >= 11 is 0. The smallest absolute Gasteiger partial charge is 0.228 e. The molecule has 4 rings (SSSR count). The fourth-order valence-corrected chi connectivity index (χ4v) is 3.33. The normalized spacial score (nSPS) is 23.6. The Morgan fingerprint density at radius 2 is 1.77 bits per heavy atom. The summed E-state index contributed by atoms with van der Waals surface area (Å²) in [6.07, 6.45) is -5.77. The number of aromatic hydroxyl groups is 2. The Kier molecular flexibility index (Phi) is 5.46. The number of rotatable bonds is 4. The van der Waals surface area contributed by atoms with Crippen LogP contribution in [0.3, 0.4) is 0 Å². The Balaban J connectivity index is 1.75. The van der Waals surface area contributed by atoms with Crippen LogP contribution in [0.1, 0.15) is 0 Å². The van der Waals surface area contributed by atoms with Gasteiger partial charge in [0, 0.05) is 23.8 Å². The Bertz CT molecular complexity index is 1170. The van der Waals surface area contributed by atoms with Crippen LogP contribution in [0.15, 0.2) is 45.6 Å². The number of phenols is 2. The van der Waals surface area contributed by atoms with Crippen molar-refractivity contribution in [3.63, 3.8) is 0 Å². The van der Waals surface area contributed by atoms with Crippen LogP contribution < -0.4 is 14.9 Å². The van der Waals surface area contributed by atoms with Crippen molar-refractivity contribution in [2.45, 2.75) is 24.6 Å². The van der Waals surface area contributed by atoms with Gasteiger partial charge in [0.05, 0.1) is 13.7 Å². The highest BCUT2D eigenvalue weighted by Crippen LogP contribution is 2.35. The molecule has 3 aromatic rings. The lowest BCUT2D eigenvalue weighted by atomic mass is 10.1. The minimum atomic E-state index is -1.59. The zero-order chi connectivity index (χ0) is 22.3. The molecule has 0 aliphatic carbocycles. The zero-order valence-corrected chi connectivity index (χ0v) is 16.3. The Hall–Kier alpha value is -3.31. The number of benzene rings is 2. The summed E-state index contributed by atoms with van der Waals surface area (Å²) in [5.41, 5.74) is -0.141. The number of aliphatic hydroxyl groups excluding tert-OH is 3. The third-order valence-corrected chi connectivity index (χ3v) is 4.94. The third-order valence-electron chi connectivity index (χ3n) is 4.94. The molecule has 10 heteroatoms. The number of phenolic OH excluding ortho intramolecular Hbond substituents is 2. The minimum absolute atomic E-state index is 0.0151. The van der Waals surface area contributed by atoms with Gasteiger partial charge in [0.1, 0.15) is 46.5 Å². The molecule has 10 nitrogen and oxygen atoms in total. The lowest BCUT2D eigenvalue weighted by Gasteiger charge is -2.35. The number of ether oxygens (including phenoxy) is 3. The van der Waals surface area contributed by atoms with Gasteiger partial charge in [-0.1, -0.05) is 0 Å². The fourth-order valence-electron chi connectivity index (χ4n) is 3.33. The van der Waals surface area contributed by atoms with Crippen molar-refractivity contribution in [2.24, 2.45) is 0 Å². The summed E-state index contributed by atoms with van der Waals surface area (Å²) in [6, 6.07) is 8.00. The molecule has 31 heavy (non-hydrogen) atoms. The molecule has 0 bridgehead atoms. The van der Waals surface area contributed by atoms with E-state index < -0.39 is 30.0 Å². The lowest BCUT2D eigenvalue weighted by Crippen LogP contribution is -2.54. The van der Waals surface area contributed by atoms with Gasteiger partial charge < -0.3 is 44.2 Å². The highest BCUT2D eigenvalue weighted by Gasteiger charge is 2.39. The standard InChI is InChI=1S/C21H20O10/c1-28-14-3-2-9(4-11(14)23)15-7-12(24)18-16(30-15)5-10(22)6-17(18)31-21-20(27)19(26)13(25)8-29-21/h2-7,13,19-23,25-27H,8H2,1H3/t13-,19+,20-,21+/m1/s1. The molecule has 0 spiro atoms. The molecule has 1 aliphatic heterocycles. The average Bonchev–Trinajstić information content (AvgIpc) is 2.73. The molecular weight excluding hydrogens is 412 g/mol. The van der Waals surface area contributed by atoms with E-state index in [1.807, 2.05) is 0 Å². The number of aliphatic hydroxyl groups is 3. The van der Waals surface area contributed by atoms with Gasteiger partial charge in [0.2, 0.25) is 6.29 Å². The quantitative estimate of drug-likeness (QED) is 0.397. The molecule has 0 saturated carbocycles. The lowest BCUT2D eigenvalue weighted by molar-refractivity contribution is -0.241. The van der Waals surface area contributed by atoms with E-state index in [1.165, 1.54) is 31.4 Å². The van der Waals surface area contributed by atoms with E-state index in [9.17, 15) is 30.3 Å². The highest BCUT2D eigenvalue weighted by molar-refractivity contribution is 5.86. The summed E-state index contributed by atoms with van der Waals surface area (Å²) < 4.78 is 21.5. The van der Waals surface area contributed by atoms with Gasteiger partial charge in [-0.05, 0) is 18.2 Å². The second-order valence-corrected chi connectivity index (χ2v) is 7.05. The minimum Gasteiger partial charge on any atom is -0.508 e. The van der Waals surface area contributed by atoms with Gasteiger partial charge in [-0.15, -0.1) is 0 Å². The van der Waals surface area contributed by atoms with Crippen molar-refractivity contribution in [2.75, 3.05) is 13.7 Å². The molecule has 1 saturated heterocycles. The maximum absolute atomic E-state index is 12.9. The topological polar surface area (TPSA) is 159 Å². The van der Waals surface area contributed by atoms with E-state index in [4.69, 9.17) is 18.6 Å². The van der Waals surface area contributed by atoms with Gasteiger partial charge >= 0.3 is 0 Å². The van der Waals surface area contributed by atoms with E-state index in [0.717, 1.165) is 6.07 Å². The first-order valence-corrected chi connectivity index (χ1v) is 9.29. The SMILES string of the molecule is COc1ccc(-c2cc(=O)c3c(O[C@@H]4OC[C@@H](O)[C@H](O)[C@H]4O)cc(O)cc3o2)cc1O. The van der Waals surface area contributed by atoms with Crippen molar-refractivity contribution in [1.82, 2.24) is 0 Å². The second kappa shape index (κ2) is 8.08. The molecule has 5 N–H and O–H groups in total. The Morgan fingerprint density at radius 1 is 1.00 bits per heavy atom. The molecule has 2 heterocycles. The summed E-state index contributed by atoms with van der Waals surface area (Å²) in [5.74, 6) is -0.198. The van der Waals surface area contributed by atoms with E-state index in [-0.39, 0.29) is 46.3 Å². The van der Waals surface area contributed by atoms with Gasteiger partial charge in [-0.3, -0.25) is 4.79 Å². The Labute approximate surface area is 175 Å². The molecule has 1 aliphatic rings. The maximum Gasteiger partial charge on any atom is 0.228 e. The van der Waals surface area contributed by atoms with Gasteiger partial charge in [0.15, 0.2) is 16.9 Å². The first-order chi connectivity index (χ1) is 14.8. The van der Waals surface area contributed by atoms with Crippen LogP contribution in [0.5, 0.6) is 23.0 Å². The summed E-state index contributed by atoms with van der Waals surface area (Å²) in [6.45, 7) is -0.292. The van der Waals surface area contributed by atoms with E-state index in [0.29, 0.717) is 5.56 Å². The monoisotopic (exact) mass is 432 g/mol. The first-order valence-electron chi connectivity index (χ1n) is 9.29. The highest BCUT2D eigenvalue weighted by atomic mass is 16.7. The summed E-state index contributed by atoms with van der Waals surface area (Å²) in [5, 5.41) is 49.5. The van der Waals surface area contributed by atoms with Gasteiger partial charge in [-0.25, -0.2) is 0 Å². The third kappa shape index (κ3) is 3.89. The predicted molar refractivity (Wildman–Crippen MR) is 106 cm³/mol. The average molecular weight is 432 g/mol. The number of methoxy groups -OCH3 is 1. The van der Waals surface area contributed by atoms with Crippen molar-refractivity contribution >= 4 is 11.0 Å². The van der Waals surface area contributed by atoms with Crippen LogP contribution in [0.2, 0.25) is 0 Å². The van der Waals surface area contributed by atoms with Crippen LogP contribution in [-0.2, 0) is 4.74 Å². The molecule has 2 aromatic carbocycles. The first kappa shape index (κ1) is 20.9. The van der Waals surface area contributed by atoms with Crippen molar-refractivity contribution < 1.29 is 44.2 Å². The second-order valence-electron chi connectivity index (χ2n) is 7.05. The molecule has 1 fully saturated rings. The Morgan fingerprint density at radius 3 is 2.48 bits per heavy atom. The van der Waals surface area contributed by atoms with E-state index in [1.54, 1.807) is 6.07 Å². The van der Waals surface area contributed by atoms with E-state index >= 15 is 0 Å². The van der Waals surface area contributed by atoms with Crippen molar-refractivity contribution in [1.29, 1.82) is 0 Å². The number of hydrogen-bond acceptors (Lipinski definition) is 10.